The summed E-state index contributed by atoms with van der Waals surface area (Å²) in [4.78, 5) is 23.6. The Morgan fingerprint density at radius 3 is 1.77 bits per heavy atom. The molecule has 31 heavy (non-hydrogen) atoms. The van der Waals surface area contributed by atoms with E-state index >= 15 is 0 Å². The molecule has 0 heterocycles. The van der Waals surface area contributed by atoms with Crippen LogP contribution in [0.25, 0.3) is 0 Å². The first-order valence-corrected chi connectivity index (χ1v) is 13.2. The number of carbonyl (C=O) groups is 2. The monoisotopic (exact) mass is 462 g/mol. The topological polar surface area (TPSA) is 107 Å². The van der Waals surface area contributed by atoms with Gasteiger partial charge in [-0.25, -0.2) is 0 Å². The molecule has 0 amide bonds. The van der Waals surface area contributed by atoms with Crippen LogP contribution in [0.3, 0.4) is 0 Å². The number of carbonyl (C=O) groups excluding carboxylic acids is 2. The number of ether oxygens (including phenoxy) is 2. The van der Waals surface area contributed by atoms with Crippen molar-refractivity contribution < 1.29 is 32.0 Å². The molecule has 0 aliphatic heterocycles. The highest BCUT2D eigenvalue weighted by Gasteiger charge is 2.35. The summed E-state index contributed by atoms with van der Waals surface area (Å²) in [6.45, 7) is 4.01. The maximum absolute atomic E-state index is 12.0. The van der Waals surface area contributed by atoms with Gasteiger partial charge in [0.2, 0.25) is 0 Å². The molecule has 7 nitrogen and oxygen atoms in total. The molecule has 0 aromatic rings. The minimum atomic E-state index is -4.75. The van der Waals surface area contributed by atoms with E-state index in [0.29, 0.717) is 6.42 Å². The van der Waals surface area contributed by atoms with Gasteiger partial charge >= 0.3 is 11.9 Å². The summed E-state index contributed by atoms with van der Waals surface area (Å²) in [5.41, 5.74) is 0. The molecule has 0 fully saturated rings. The fourth-order valence-electron chi connectivity index (χ4n) is 3.14. The van der Waals surface area contributed by atoms with Crippen molar-refractivity contribution in [2.24, 2.45) is 0 Å². The van der Waals surface area contributed by atoms with Crippen molar-refractivity contribution in [2.45, 2.75) is 109 Å². The second-order valence-corrected chi connectivity index (χ2v) is 9.47. The molecule has 0 saturated carbocycles. The van der Waals surface area contributed by atoms with Crippen molar-refractivity contribution in [1.29, 1.82) is 0 Å². The molecule has 0 aliphatic rings. The van der Waals surface area contributed by atoms with Gasteiger partial charge in [0.15, 0.2) is 5.25 Å². The summed E-state index contributed by atoms with van der Waals surface area (Å²) in [6.07, 6.45) is 17.9. The van der Waals surface area contributed by atoms with Crippen LogP contribution in [-0.4, -0.2) is 43.4 Å². The molecule has 182 valence electrons. The molecule has 0 rings (SSSR count). The second-order valence-electron chi connectivity index (χ2n) is 7.87. The van der Waals surface area contributed by atoms with E-state index in [4.69, 9.17) is 9.47 Å². The summed E-state index contributed by atoms with van der Waals surface area (Å²) >= 11 is 0. The van der Waals surface area contributed by atoms with Crippen LogP contribution >= 0.6 is 0 Å². The fourth-order valence-corrected chi connectivity index (χ4v) is 3.80. The van der Waals surface area contributed by atoms with Crippen LogP contribution in [0.2, 0.25) is 0 Å². The van der Waals surface area contributed by atoms with Gasteiger partial charge in [0.05, 0.1) is 13.0 Å². The van der Waals surface area contributed by atoms with Crippen molar-refractivity contribution >= 4 is 22.1 Å². The Morgan fingerprint density at radius 2 is 1.32 bits per heavy atom. The lowest BCUT2D eigenvalue weighted by Crippen LogP contribution is -2.34. The van der Waals surface area contributed by atoms with Crippen LogP contribution < -0.4 is 0 Å². The Balaban J connectivity index is 3.85. The molecule has 0 radical (unpaired) electrons. The van der Waals surface area contributed by atoms with E-state index in [1.54, 1.807) is 19.1 Å². The number of allylic oxidation sites excluding steroid dienone is 1. The summed E-state index contributed by atoms with van der Waals surface area (Å²) in [6, 6.07) is 0. The third-order valence-electron chi connectivity index (χ3n) is 5.04. The van der Waals surface area contributed by atoms with Crippen LogP contribution in [0, 0.1) is 0 Å². The van der Waals surface area contributed by atoms with E-state index in [-0.39, 0.29) is 13.2 Å². The lowest BCUT2D eigenvalue weighted by atomic mass is 10.0. The average molecular weight is 463 g/mol. The molecule has 0 aromatic heterocycles. The molecule has 1 unspecified atom stereocenters. The third-order valence-corrected chi connectivity index (χ3v) is 6.12. The Labute approximate surface area is 188 Å². The van der Waals surface area contributed by atoms with Crippen molar-refractivity contribution in [1.82, 2.24) is 0 Å². The molecule has 1 N–H and O–H groups in total. The summed E-state index contributed by atoms with van der Waals surface area (Å²) < 4.78 is 41.8. The Kier molecular flexibility index (Phi) is 18.4. The van der Waals surface area contributed by atoms with Crippen molar-refractivity contribution in [3.63, 3.8) is 0 Å². The molecule has 0 aliphatic carbocycles. The van der Waals surface area contributed by atoms with E-state index in [1.165, 1.54) is 57.8 Å². The van der Waals surface area contributed by atoms with Crippen molar-refractivity contribution in [3.8, 4) is 0 Å². The maximum atomic E-state index is 12.0. The minimum absolute atomic E-state index is 0.0263. The average Bonchev–Trinajstić information content (AvgIpc) is 2.71. The lowest BCUT2D eigenvalue weighted by molar-refractivity contribution is -0.149. The zero-order chi connectivity index (χ0) is 23.4. The van der Waals surface area contributed by atoms with E-state index in [2.05, 4.69) is 6.92 Å². The number of rotatable bonds is 20. The Bertz CT molecular complexity index is 599. The van der Waals surface area contributed by atoms with Crippen LogP contribution in [-0.2, 0) is 29.2 Å². The second kappa shape index (κ2) is 19.3. The number of hydrogen-bond donors (Lipinski definition) is 1. The first-order chi connectivity index (χ1) is 14.8. The van der Waals surface area contributed by atoms with Gasteiger partial charge in [-0.15, -0.1) is 0 Å². The highest BCUT2D eigenvalue weighted by molar-refractivity contribution is 7.87. The molecule has 8 heteroatoms. The molecule has 0 spiro atoms. The predicted molar refractivity (Wildman–Crippen MR) is 122 cm³/mol. The summed E-state index contributed by atoms with van der Waals surface area (Å²) in [7, 11) is -4.75. The Hall–Kier alpha value is -1.41. The molecule has 0 saturated heterocycles. The highest BCUT2D eigenvalue weighted by Crippen LogP contribution is 2.13. The van der Waals surface area contributed by atoms with Gasteiger partial charge in [0, 0.05) is 0 Å². The zero-order valence-electron chi connectivity index (χ0n) is 19.4. The van der Waals surface area contributed by atoms with Crippen LogP contribution in [0.15, 0.2) is 12.2 Å². The molecule has 1 atom stereocenters. The van der Waals surface area contributed by atoms with Crippen molar-refractivity contribution in [2.75, 3.05) is 13.2 Å². The summed E-state index contributed by atoms with van der Waals surface area (Å²) in [5.74, 6) is -2.01. The van der Waals surface area contributed by atoms with Gasteiger partial charge in [-0.3, -0.25) is 14.1 Å². The number of hydrogen-bond acceptors (Lipinski definition) is 6. The van der Waals surface area contributed by atoms with Crippen LogP contribution in [0.4, 0.5) is 0 Å². The standard InChI is InChI=1S/C23H42O7S/c1-3-5-7-8-9-10-11-12-13-14-15-16-17-19-30-23(25)21(31(26,27)28)20-22(24)29-18-6-4-2/h4,6,21H,3,5,7-20H2,1-2H3,(H,26,27,28)/b6-4+. The van der Waals surface area contributed by atoms with Gasteiger partial charge in [-0.05, 0) is 13.3 Å². The van der Waals surface area contributed by atoms with Gasteiger partial charge in [0.1, 0.15) is 6.61 Å². The molecule has 0 aromatic carbocycles. The van der Waals surface area contributed by atoms with Crippen LogP contribution in [0.1, 0.15) is 104 Å². The first kappa shape index (κ1) is 29.6. The highest BCUT2D eigenvalue weighted by atomic mass is 32.2. The van der Waals surface area contributed by atoms with Gasteiger partial charge < -0.3 is 9.47 Å². The third kappa shape index (κ3) is 17.9. The number of esters is 2. The predicted octanol–water partition coefficient (Wildman–Crippen LogP) is 5.39. The lowest BCUT2D eigenvalue weighted by Gasteiger charge is -2.13. The smallest absolute Gasteiger partial charge is 0.327 e. The Morgan fingerprint density at radius 1 is 0.839 bits per heavy atom. The van der Waals surface area contributed by atoms with Gasteiger partial charge in [-0.2, -0.15) is 8.42 Å². The SMILES string of the molecule is C/C=C/COC(=O)CC(C(=O)OCCCCCCCCCCCCCCC)S(=O)(=O)O. The maximum Gasteiger partial charge on any atom is 0.327 e. The largest absolute Gasteiger partial charge is 0.465 e. The quantitative estimate of drug-likeness (QED) is 0.112. The first-order valence-electron chi connectivity index (χ1n) is 11.7. The van der Waals surface area contributed by atoms with E-state index in [1.807, 2.05) is 0 Å². The zero-order valence-corrected chi connectivity index (χ0v) is 20.2. The van der Waals surface area contributed by atoms with E-state index in [9.17, 15) is 22.6 Å². The molecular formula is C23H42O7S. The van der Waals surface area contributed by atoms with Crippen molar-refractivity contribution in [3.05, 3.63) is 12.2 Å². The molecular weight excluding hydrogens is 420 g/mol. The van der Waals surface area contributed by atoms with Gasteiger partial charge in [0.25, 0.3) is 10.1 Å². The molecule has 0 bridgehead atoms. The van der Waals surface area contributed by atoms with Gasteiger partial charge in [-0.1, -0.05) is 96.1 Å². The normalized spacial score (nSPS) is 12.7. The van der Waals surface area contributed by atoms with Crippen LogP contribution in [0.5, 0.6) is 0 Å². The fraction of sp³-hybridized carbons (Fsp3) is 0.826. The minimum Gasteiger partial charge on any atom is -0.465 e. The number of unbranched alkanes of at least 4 members (excludes halogenated alkanes) is 12. The summed E-state index contributed by atoms with van der Waals surface area (Å²) in [5, 5.41) is -1.95. The van der Waals surface area contributed by atoms with E-state index < -0.39 is 33.7 Å². The van der Waals surface area contributed by atoms with E-state index in [0.717, 1.165) is 19.3 Å².